The van der Waals surface area contributed by atoms with E-state index in [-0.39, 0.29) is 12.4 Å². The van der Waals surface area contributed by atoms with Crippen molar-refractivity contribution in [1.82, 2.24) is 24.3 Å². The number of nitrogens with zero attached hydrogens (tertiary/aromatic N) is 5. The first-order valence-electron chi connectivity index (χ1n) is 10.1. The van der Waals surface area contributed by atoms with Crippen LogP contribution in [0.5, 0.6) is 0 Å². The van der Waals surface area contributed by atoms with Gasteiger partial charge < -0.3 is 14.4 Å². The van der Waals surface area contributed by atoms with E-state index in [0.717, 1.165) is 28.1 Å². The van der Waals surface area contributed by atoms with Crippen LogP contribution in [0.25, 0.3) is 17.1 Å². The number of ether oxygens (including phenoxy) is 1. The first kappa shape index (κ1) is 19.6. The molecule has 1 aliphatic heterocycles. The molecule has 0 spiro atoms. The number of rotatable bonds is 4. The summed E-state index contributed by atoms with van der Waals surface area (Å²) in [6.07, 6.45) is 3.01. The molecule has 8 heteroatoms. The van der Waals surface area contributed by atoms with Crippen LogP contribution in [0.3, 0.4) is 0 Å². The van der Waals surface area contributed by atoms with Crippen LogP contribution in [0.4, 0.5) is 4.39 Å². The number of hydrogen-bond donors (Lipinski definition) is 1. The van der Waals surface area contributed by atoms with Gasteiger partial charge >= 0.3 is 0 Å². The molecule has 1 aliphatic rings. The third-order valence-electron chi connectivity index (χ3n) is 5.45. The van der Waals surface area contributed by atoms with E-state index in [1.54, 1.807) is 23.1 Å². The quantitative estimate of drug-likeness (QED) is 0.548. The van der Waals surface area contributed by atoms with Gasteiger partial charge in [0.1, 0.15) is 11.9 Å². The maximum Gasteiger partial charge on any atom is 0.181 e. The summed E-state index contributed by atoms with van der Waals surface area (Å²) in [5.74, 6) is 0.767. The molecule has 4 aromatic rings. The molecule has 1 N–H and O–H groups in total. The zero-order valence-corrected chi connectivity index (χ0v) is 17.3. The molecule has 158 valence electrons. The van der Waals surface area contributed by atoms with Crippen LogP contribution in [0.2, 0.25) is 0 Å². The van der Waals surface area contributed by atoms with Crippen molar-refractivity contribution in [3.8, 4) is 17.1 Å². The summed E-state index contributed by atoms with van der Waals surface area (Å²) >= 11 is 0. The van der Waals surface area contributed by atoms with Gasteiger partial charge in [-0.15, -0.1) is 0 Å². The van der Waals surface area contributed by atoms with Crippen LogP contribution in [0, 0.1) is 19.7 Å². The molecule has 2 aromatic carbocycles. The minimum Gasteiger partial charge on any atom is -0.392 e. The standard InChI is InChI=1S/C23H22FN5O2/c1-14-3-5-19(24)18(9-14)21-23-26-22(27-29(23)7-8-31-21)16-4-6-20(17(10-16)12-30)28-11-15(2)25-13-28/h3-6,9-11,13,21,30H,7-8,12H2,1-2H3. The lowest BCUT2D eigenvalue weighted by atomic mass is 10.0. The Kier molecular flexibility index (Phi) is 4.88. The predicted octanol–water partition coefficient (Wildman–Crippen LogP) is 3.50. The normalized spacial score (nSPS) is 15.8. The summed E-state index contributed by atoms with van der Waals surface area (Å²) < 4.78 is 24.0. The molecule has 1 unspecified atom stereocenters. The molecule has 0 fully saturated rings. The number of halogens is 1. The number of aliphatic hydroxyl groups excluding tert-OH is 1. The highest BCUT2D eigenvalue weighted by molar-refractivity contribution is 5.60. The highest BCUT2D eigenvalue weighted by Crippen LogP contribution is 2.32. The number of imidazole rings is 1. The molecule has 0 saturated carbocycles. The summed E-state index contributed by atoms with van der Waals surface area (Å²) in [4.78, 5) is 8.94. The van der Waals surface area contributed by atoms with Crippen LogP contribution in [-0.4, -0.2) is 36.0 Å². The number of aliphatic hydroxyl groups is 1. The largest absolute Gasteiger partial charge is 0.392 e. The molecule has 3 heterocycles. The molecule has 7 nitrogen and oxygen atoms in total. The minimum absolute atomic E-state index is 0.131. The van der Waals surface area contributed by atoms with Crippen LogP contribution in [0.1, 0.15) is 34.3 Å². The van der Waals surface area contributed by atoms with Crippen molar-refractivity contribution in [2.75, 3.05) is 6.61 Å². The molecule has 0 amide bonds. The zero-order chi connectivity index (χ0) is 21.5. The van der Waals surface area contributed by atoms with E-state index in [2.05, 4.69) is 10.1 Å². The second-order valence-electron chi connectivity index (χ2n) is 7.72. The van der Waals surface area contributed by atoms with E-state index in [9.17, 15) is 9.50 Å². The van der Waals surface area contributed by atoms with Crippen molar-refractivity contribution >= 4 is 0 Å². The Morgan fingerprint density at radius 3 is 2.84 bits per heavy atom. The second kappa shape index (κ2) is 7.72. The van der Waals surface area contributed by atoms with E-state index in [0.29, 0.717) is 30.4 Å². The molecule has 0 aliphatic carbocycles. The fourth-order valence-corrected chi connectivity index (χ4v) is 3.92. The summed E-state index contributed by atoms with van der Waals surface area (Å²) in [5.41, 5.74) is 4.66. The van der Waals surface area contributed by atoms with Crippen LogP contribution in [0.15, 0.2) is 48.9 Å². The molecular weight excluding hydrogens is 397 g/mol. The second-order valence-corrected chi connectivity index (χ2v) is 7.72. The highest BCUT2D eigenvalue weighted by atomic mass is 19.1. The maximum atomic E-state index is 14.5. The lowest BCUT2D eigenvalue weighted by molar-refractivity contribution is 0.0369. The monoisotopic (exact) mass is 419 g/mol. The number of fused-ring (bicyclic) bond motifs is 1. The highest BCUT2D eigenvalue weighted by Gasteiger charge is 2.29. The van der Waals surface area contributed by atoms with Gasteiger partial charge in [-0.3, -0.25) is 0 Å². The third-order valence-corrected chi connectivity index (χ3v) is 5.45. The number of benzene rings is 2. The Morgan fingerprint density at radius 1 is 1.19 bits per heavy atom. The average molecular weight is 419 g/mol. The van der Waals surface area contributed by atoms with Gasteiger partial charge in [-0.25, -0.2) is 19.0 Å². The molecule has 2 aromatic heterocycles. The third kappa shape index (κ3) is 3.54. The molecule has 0 radical (unpaired) electrons. The average Bonchev–Trinajstić information content (AvgIpc) is 3.41. The lowest BCUT2D eigenvalue weighted by Gasteiger charge is -2.23. The molecule has 5 rings (SSSR count). The Labute approximate surface area is 178 Å². The topological polar surface area (TPSA) is 78.0 Å². The summed E-state index contributed by atoms with van der Waals surface area (Å²) in [6.45, 7) is 4.68. The summed E-state index contributed by atoms with van der Waals surface area (Å²) in [6, 6.07) is 10.7. The fraction of sp³-hybridized carbons (Fsp3) is 0.261. The van der Waals surface area contributed by atoms with Gasteiger partial charge in [0.25, 0.3) is 0 Å². The Morgan fingerprint density at radius 2 is 2.06 bits per heavy atom. The molecule has 0 bridgehead atoms. The van der Waals surface area contributed by atoms with Crippen LogP contribution >= 0.6 is 0 Å². The lowest BCUT2D eigenvalue weighted by Crippen LogP contribution is -2.24. The SMILES string of the molecule is Cc1ccc(F)c(C2OCCn3nc(-c4ccc(-n5cnc(C)c5)c(CO)c4)nc32)c1. The Balaban J connectivity index is 1.54. The van der Waals surface area contributed by atoms with Crippen molar-refractivity contribution in [2.45, 2.75) is 33.1 Å². The van der Waals surface area contributed by atoms with E-state index in [4.69, 9.17) is 9.72 Å². The summed E-state index contributed by atoms with van der Waals surface area (Å²) in [5, 5.41) is 14.6. The van der Waals surface area contributed by atoms with E-state index in [1.165, 1.54) is 6.07 Å². The zero-order valence-electron chi connectivity index (χ0n) is 17.3. The van der Waals surface area contributed by atoms with Crippen LogP contribution in [-0.2, 0) is 17.9 Å². The van der Waals surface area contributed by atoms with E-state index < -0.39 is 6.10 Å². The fourth-order valence-electron chi connectivity index (χ4n) is 3.92. The smallest absolute Gasteiger partial charge is 0.181 e. The Hall–Kier alpha value is -3.36. The van der Waals surface area contributed by atoms with Gasteiger partial charge in [0.05, 0.1) is 37.5 Å². The minimum atomic E-state index is -0.611. The molecular formula is C23H22FN5O2. The van der Waals surface area contributed by atoms with Gasteiger partial charge in [0, 0.05) is 22.9 Å². The van der Waals surface area contributed by atoms with Crippen molar-refractivity contribution in [3.05, 3.63) is 82.9 Å². The Bertz CT molecular complexity index is 1260. The number of aromatic nitrogens is 5. The number of aryl methyl sites for hydroxylation is 2. The summed E-state index contributed by atoms with van der Waals surface area (Å²) in [7, 11) is 0. The van der Waals surface area contributed by atoms with Gasteiger partial charge in [-0.2, -0.15) is 5.10 Å². The first-order chi connectivity index (χ1) is 15.0. The molecule has 31 heavy (non-hydrogen) atoms. The van der Waals surface area contributed by atoms with Gasteiger partial charge in [0.2, 0.25) is 0 Å². The van der Waals surface area contributed by atoms with Crippen LogP contribution < -0.4 is 0 Å². The van der Waals surface area contributed by atoms with Crippen molar-refractivity contribution < 1.29 is 14.2 Å². The van der Waals surface area contributed by atoms with Crippen molar-refractivity contribution in [2.24, 2.45) is 0 Å². The van der Waals surface area contributed by atoms with E-state index in [1.807, 2.05) is 42.8 Å². The van der Waals surface area contributed by atoms with Gasteiger partial charge in [-0.1, -0.05) is 17.7 Å². The molecule has 0 saturated heterocycles. The first-order valence-corrected chi connectivity index (χ1v) is 10.1. The van der Waals surface area contributed by atoms with E-state index >= 15 is 0 Å². The van der Waals surface area contributed by atoms with Gasteiger partial charge in [-0.05, 0) is 38.1 Å². The maximum absolute atomic E-state index is 14.5. The van der Waals surface area contributed by atoms with Crippen molar-refractivity contribution in [1.29, 1.82) is 0 Å². The predicted molar refractivity (Wildman–Crippen MR) is 112 cm³/mol. The van der Waals surface area contributed by atoms with Crippen molar-refractivity contribution in [3.63, 3.8) is 0 Å². The number of hydrogen-bond acceptors (Lipinski definition) is 5. The molecule has 1 atom stereocenters. The van der Waals surface area contributed by atoms with Gasteiger partial charge in [0.15, 0.2) is 11.6 Å².